The molecule has 4 rings (SSSR count). The number of phenols is 1. The lowest BCUT2D eigenvalue weighted by molar-refractivity contribution is -2.00. The van der Waals surface area contributed by atoms with Crippen molar-refractivity contribution in [2.24, 2.45) is 0 Å². The molecule has 0 atom stereocenters. The summed E-state index contributed by atoms with van der Waals surface area (Å²) in [6, 6.07) is 17.2. The standard InChI is InChI=1S/C18H12O3S.ClHO4/c1-20-12-8-6-11(7-9-12)18-21-17-14-5-3-2-4-13(14)15(19)10-16(17)22-18;2-1(3,4)5/h2-10H,1H3;(H,2,3,4,5). The number of methoxy groups -OCH3 is 1. The van der Waals surface area contributed by atoms with E-state index in [9.17, 15) is 5.11 Å². The van der Waals surface area contributed by atoms with E-state index >= 15 is 0 Å². The quantitative estimate of drug-likeness (QED) is 0.479. The first-order chi connectivity index (χ1) is 12.8. The number of halogens is 1. The van der Waals surface area contributed by atoms with E-state index in [-0.39, 0.29) is 5.75 Å². The fourth-order valence-corrected chi connectivity index (χ4v) is 3.54. The van der Waals surface area contributed by atoms with Crippen molar-refractivity contribution < 1.29 is 43.1 Å². The van der Waals surface area contributed by atoms with Crippen molar-refractivity contribution in [1.29, 1.82) is 0 Å². The molecule has 0 aliphatic heterocycles. The number of phenolic OH excluding ortho intramolecular Hbond substituents is 1. The van der Waals surface area contributed by atoms with E-state index in [1.54, 1.807) is 13.2 Å². The van der Waals surface area contributed by atoms with Crippen LogP contribution >= 0.6 is 11.3 Å². The van der Waals surface area contributed by atoms with Crippen LogP contribution < -0.4 is 23.4 Å². The zero-order valence-corrected chi connectivity index (χ0v) is 15.5. The number of rotatable bonds is 2. The second-order valence-corrected chi connectivity index (χ2v) is 7.14. The van der Waals surface area contributed by atoms with Gasteiger partial charge in [-0.15, -0.1) is 10.2 Å². The van der Waals surface area contributed by atoms with Crippen LogP contribution in [0.2, 0.25) is 0 Å². The van der Waals surface area contributed by atoms with Crippen LogP contribution in [-0.4, -0.2) is 12.2 Å². The summed E-state index contributed by atoms with van der Waals surface area (Å²) >= 11 is 1.53. The molecule has 3 aromatic carbocycles. The number of hydrogen-bond donors (Lipinski definition) is 1. The van der Waals surface area contributed by atoms with Gasteiger partial charge in [-0.25, -0.2) is 18.6 Å². The van der Waals surface area contributed by atoms with Gasteiger partial charge in [0.05, 0.1) is 18.1 Å². The third-order valence-electron chi connectivity index (χ3n) is 3.66. The molecule has 0 spiro atoms. The molecule has 0 amide bonds. The first-order valence-electron chi connectivity index (χ1n) is 7.50. The largest absolute Gasteiger partial charge is 0.507 e. The molecule has 0 aliphatic rings. The third-order valence-corrected chi connectivity index (χ3v) is 4.69. The fourth-order valence-electron chi connectivity index (χ4n) is 2.54. The maximum atomic E-state index is 10.2. The van der Waals surface area contributed by atoms with E-state index < -0.39 is 10.2 Å². The Labute approximate surface area is 159 Å². The Morgan fingerprint density at radius 2 is 1.56 bits per heavy atom. The van der Waals surface area contributed by atoms with Gasteiger partial charge in [-0.05, 0) is 41.7 Å². The maximum Gasteiger partial charge on any atom is 0.418 e. The second-order valence-electron chi connectivity index (χ2n) is 5.37. The highest BCUT2D eigenvalue weighted by atomic mass is 35.7. The van der Waals surface area contributed by atoms with Crippen molar-refractivity contribution >= 4 is 32.4 Å². The summed E-state index contributed by atoms with van der Waals surface area (Å²) in [5.41, 5.74) is 1.80. The molecular weight excluding hydrogens is 396 g/mol. The van der Waals surface area contributed by atoms with E-state index in [1.807, 2.05) is 48.5 Å². The topological polar surface area (TPSA) is 133 Å². The molecule has 0 saturated heterocycles. The molecular formula is C18H13ClO7S. The molecule has 27 heavy (non-hydrogen) atoms. The highest BCUT2D eigenvalue weighted by Crippen LogP contribution is 2.40. The smallest absolute Gasteiger partial charge is 0.418 e. The number of ether oxygens (including phenoxy) is 1. The highest BCUT2D eigenvalue weighted by molar-refractivity contribution is 7.21. The van der Waals surface area contributed by atoms with Gasteiger partial charge in [0.25, 0.3) is 0 Å². The molecule has 7 nitrogen and oxygen atoms in total. The summed E-state index contributed by atoms with van der Waals surface area (Å²) in [7, 11) is -3.30. The van der Waals surface area contributed by atoms with E-state index in [0.29, 0.717) is 0 Å². The Balaban J connectivity index is 0.000000376. The maximum absolute atomic E-state index is 10.2. The number of aromatic hydroxyl groups is 1. The SMILES string of the molecule is COc1ccc(-c2[o+]c3c(cc(O)c4ccccc43)s2)cc1.[O-][Cl+3]([O-])([O-])[O-]. The Morgan fingerprint density at radius 1 is 0.963 bits per heavy atom. The Bertz CT molecular complexity index is 1060. The van der Waals surface area contributed by atoms with Crippen LogP contribution in [0.3, 0.4) is 0 Å². The normalized spacial score (nSPS) is 11.3. The summed E-state index contributed by atoms with van der Waals surface area (Å²) < 4.78 is 46.1. The van der Waals surface area contributed by atoms with Gasteiger partial charge in [-0.3, -0.25) is 0 Å². The Morgan fingerprint density at radius 3 is 2.15 bits per heavy atom. The van der Waals surface area contributed by atoms with Crippen molar-refractivity contribution in [3.8, 4) is 22.1 Å². The van der Waals surface area contributed by atoms with Crippen LogP contribution in [0.15, 0.2) is 59.0 Å². The van der Waals surface area contributed by atoms with E-state index in [1.165, 1.54) is 11.3 Å². The first kappa shape index (κ1) is 19.3. The summed E-state index contributed by atoms with van der Waals surface area (Å²) in [4.78, 5) is 0. The van der Waals surface area contributed by atoms with E-state index in [2.05, 4.69) is 0 Å². The van der Waals surface area contributed by atoms with E-state index in [0.717, 1.165) is 37.4 Å². The lowest BCUT2D eigenvalue weighted by Gasteiger charge is -2.17. The lowest BCUT2D eigenvalue weighted by Crippen LogP contribution is -2.68. The minimum atomic E-state index is -4.94. The monoisotopic (exact) mass is 408 g/mol. The van der Waals surface area contributed by atoms with Gasteiger partial charge >= 0.3 is 10.7 Å². The van der Waals surface area contributed by atoms with Crippen molar-refractivity contribution in [3.63, 3.8) is 0 Å². The molecule has 0 radical (unpaired) electrons. The van der Waals surface area contributed by atoms with Gasteiger partial charge in [0, 0.05) is 11.5 Å². The van der Waals surface area contributed by atoms with E-state index in [4.69, 9.17) is 27.8 Å². The highest BCUT2D eigenvalue weighted by Gasteiger charge is 2.23. The summed E-state index contributed by atoms with van der Waals surface area (Å²) in [6.45, 7) is 0. The van der Waals surface area contributed by atoms with Gasteiger partial charge in [0.1, 0.15) is 16.2 Å². The molecule has 4 aromatic rings. The van der Waals surface area contributed by atoms with Gasteiger partial charge in [-0.2, -0.15) is 4.42 Å². The van der Waals surface area contributed by atoms with Gasteiger partial charge < -0.3 is 9.84 Å². The summed E-state index contributed by atoms with van der Waals surface area (Å²) in [5.74, 6) is 1.09. The van der Waals surface area contributed by atoms with Crippen LogP contribution in [0.25, 0.3) is 31.7 Å². The Hall–Kier alpha value is -2.46. The minimum Gasteiger partial charge on any atom is -0.507 e. The molecule has 0 fully saturated rings. The first-order valence-corrected chi connectivity index (χ1v) is 9.55. The van der Waals surface area contributed by atoms with Crippen molar-refractivity contribution in [2.45, 2.75) is 0 Å². The minimum absolute atomic E-state index is 0.279. The lowest BCUT2D eigenvalue weighted by atomic mass is 10.1. The van der Waals surface area contributed by atoms with Gasteiger partial charge in [-0.1, -0.05) is 18.2 Å². The zero-order valence-electron chi connectivity index (χ0n) is 13.9. The Kier molecular flexibility index (Phi) is 5.47. The molecule has 9 heteroatoms. The van der Waals surface area contributed by atoms with Crippen molar-refractivity contribution in [1.82, 2.24) is 0 Å². The van der Waals surface area contributed by atoms with Crippen molar-refractivity contribution in [3.05, 3.63) is 54.6 Å². The summed E-state index contributed by atoms with van der Waals surface area (Å²) in [6.07, 6.45) is 0. The zero-order chi connectivity index (χ0) is 19.6. The molecule has 0 bridgehead atoms. The van der Waals surface area contributed by atoms with Crippen LogP contribution in [0.5, 0.6) is 11.5 Å². The predicted molar refractivity (Wildman–Crippen MR) is 89.7 cm³/mol. The fraction of sp³-hybridized carbons (Fsp3) is 0.0556. The molecule has 1 heterocycles. The molecule has 0 saturated carbocycles. The molecule has 140 valence electrons. The molecule has 0 unspecified atom stereocenters. The second kappa shape index (κ2) is 7.65. The third kappa shape index (κ3) is 4.64. The van der Waals surface area contributed by atoms with Crippen LogP contribution in [0.1, 0.15) is 0 Å². The number of benzene rings is 3. The molecule has 1 aromatic heterocycles. The summed E-state index contributed by atoms with van der Waals surface area (Å²) in [5, 5.41) is 12.7. The average Bonchev–Trinajstić information content (AvgIpc) is 3.05. The predicted octanol–water partition coefficient (Wildman–Crippen LogP) is 0.554. The van der Waals surface area contributed by atoms with Crippen LogP contribution in [-0.2, 0) is 0 Å². The molecule has 0 aliphatic carbocycles. The van der Waals surface area contributed by atoms with Crippen LogP contribution in [0.4, 0.5) is 0 Å². The average molecular weight is 409 g/mol. The van der Waals surface area contributed by atoms with Crippen molar-refractivity contribution in [2.75, 3.05) is 7.11 Å². The van der Waals surface area contributed by atoms with Gasteiger partial charge in [0.2, 0.25) is 0 Å². The number of hydrogen-bond acceptors (Lipinski definition) is 7. The van der Waals surface area contributed by atoms with Gasteiger partial charge in [0.15, 0.2) is 0 Å². The number of fused-ring (bicyclic) bond motifs is 3. The molecule has 1 N–H and O–H groups in total. The van der Waals surface area contributed by atoms with Crippen LogP contribution in [0, 0.1) is 10.2 Å².